The molecule has 0 spiro atoms. The number of nitrogens with one attached hydrogen (secondary N) is 1. The summed E-state index contributed by atoms with van der Waals surface area (Å²) in [6.07, 6.45) is 1.73. The zero-order valence-corrected chi connectivity index (χ0v) is 16.1. The van der Waals surface area contributed by atoms with Crippen LogP contribution >= 0.6 is 11.8 Å². The molecule has 1 N–H and O–H groups in total. The number of H-pyrrole nitrogens is 1. The van der Waals surface area contributed by atoms with Crippen LogP contribution in [-0.4, -0.2) is 25.3 Å². The Kier molecular flexibility index (Phi) is 4.03. The second-order valence-corrected chi connectivity index (χ2v) is 8.24. The van der Waals surface area contributed by atoms with Crippen LogP contribution in [0, 0.1) is 0 Å². The van der Waals surface area contributed by atoms with Gasteiger partial charge in [0.1, 0.15) is 0 Å². The van der Waals surface area contributed by atoms with Gasteiger partial charge in [0.05, 0.1) is 11.3 Å². The van der Waals surface area contributed by atoms with E-state index in [-0.39, 0.29) is 11.0 Å². The van der Waals surface area contributed by atoms with Crippen molar-refractivity contribution in [2.45, 2.75) is 44.2 Å². The van der Waals surface area contributed by atoms with Gasteiger partial charge < -0.3 is 0 Å². The van der Waals surface area contributed by atoms with Gasteiger partial charge in [0.15, 0.2) is 5.16 Å². The lowest BCUT2D eigenvalue weighted by Gasteiger charge is -2.34. The quantitative estimate of drug-likeness (QED) is 0.560. The second-order valence-electron chi connectivity index (χ2n) is 7.30. The van der Waals surface area contributed by atoms with Crippen LogP contribution in [0.15, 0.2) is 46.4 Å². The molecule has 0 amide bonds. The Hall–Kier alpha value is -2.34. The minimum absolute atomic E-state index is 0.0122. The first-order valence-corrected chi connectivity index (χ1v) is 9.80. The Balaban J connectivity index is 2.01. The summed E-state index contributed by atoms with van der Waals surface area (Å²) in [5.74, 6) is 1.21. The number of thioether (sulfide) groups is 1. The molecule has 26 heavy (non-hydrogen) atoms. The number of aromatic amines is 1. The molecule has 1 atom stereocenters. The van der Waals surface area contributed by atoms with Gasteiger partial charge in [0.2, 0.25) is 5.78 Å². The number of aromatic nitrogens is 4. The van der Waals surface area contributed by atoms with E-state index in [1.165, 1.54) is 17.3 Å². The van der Waals surface area contributed by atoms with Gasteiger partial charge in [-0.2, -0.15) is 0 Å². The van der Waals surface area contributed by atoms with Crippen LogP contribution in [0.1, 0.15) is 38.3 Å². The zero-order valence-electron chi connectivity index (χ0n) is 15.3. The number of rotatable bonds is 4. The summed E-state index contributed by atoms with van der Waals surface area (Å²) < 4.78 is 1.62. The first-order valence-electron chi connectivity index (χ1n) is 8.81. The highest BCUT2D eigenvalue weighted by Gasteiger charge is 2.38. The average Bonchev–Trinajstić information content (AvgIpc) is 3.03. The average molecular weight is 366 g/mol. The van der Waals surface area contributed by atoms with E-state index in [1.807, 2.05) is 19.1 Å². The van der Waals surface area contributed by atoms with E-state index in [2.05, 4.69) is 42.8 Å². The van der Waals surface area contributed by atoms with Crippen LogP contribution in [0.2, 0.25) is 0 Å². The summed E-state index contributed by atoms with van der Waals surface area (Å²) in [7, 11) is 0. The SMILES string of the molecule is C=C(C)CSc1n[nH]c2nc3c(c(=O)n12)[C@](C)(CC)Cc1ccccc1-3. The fourth-order valence-corrected chi connectivity index (χ4v) is 4.44. The molecule has 3 aromatic rings. The maximum atomic E-state index is 13.5. The summed E-state index contributed by atoms with van der Waals surface area (Å²) >= 11 is 1.50. The van der Waals surface area contributed by atoms with Crippen molar-refractivity contribution in [1.82, 2.24) is 19.6 Å². The highest BCUT2D eigenvalue weighted by atomic mass is 32.2. The molecule has 0 aliphatic heterocycles. The van der Waals surface area contributed by atoms with Crippen LogP contribution in [0.5, 0.6) is 0 Å². The topological polar surface area (TPSA) is 63.0 Å². The predicted molar refractivity (Wildman–Crippen MR) is 106 cm³/mol. The maximum absolute atomic E-state index is 13.5. The molecule has 4 rings (SSSR count). The summed E-state index contributed by atoms with van der Waals surface area (Å²) in [6.45, 7) is 10.2. The van der Waals surface area contributed by atoms with E-state index in [0.717, 1.165) is 41.0 Å². The Labute approximate surface area is 156 Å². The molecule has 0 saturated carbocycles. The minimum Gasteiger partial charge on any atom is -0.268 e. The van der Waals surface area contributed by atoms with Crippen LogP contribution < -0.4 is 5.56 Å². The lowest BCUT2D eigenvalue weighted by molar-refractivity contribution is 0.439. The molecule has 1 aliphatic rings. The summed E-state index contributed by atoms with van der Waals surface area (Å²) in [6, 6.07) is 8.24. The van der Waals surface area contributed by atoms with E-state index in [9.17, 15) is 4.79 Å². The molecule has 0 unspecified atom stereocenters. The van der Waals surface area contributed by atoms with Gasteiger partial charge in [-0.1, -0.05) is 62.0 Å². The molecule has 0 radical (unpaired) electrons. The van der Waals surface area contributed by atoms with E-state index in [0.29, 0.717) is 10.9 Å². The number of hydrogen-bond acceptors (Lipinski definition) is 4. The zero-order chi connectivity index (χ0) is 18.5. The largest absolute Gasteiger partial charge is 0.268 e. The number of fused-ring (bicyclic) bond motifs is 4. The summed E-state index contributed by atoms with van der Waals surface area (Å²) in [5.41, 5.74) is 4.69. The van der Waals surface area contributed by atoms with Gasteiger partial charge in [0, 0.05) is 16.7 Å². The molecular formula is C20H22N4OS. The Morgan fingerprint density at radius 2 is 2.19 bits per heavy atom. The van der Waals surface area contributed by atoms with E-state index in [4.69, 9.17) is 4.98 Å². The van der Waals surface area contributed by atoms with Gasteiger partial charge in [-0.3, -0.25) is 4.79 Å². The standard InChI is InChI=1S/C20H22N4OS/c1-5-20(4)10-13-8-6-7-9-14(13)16-15(20)17(25)24-18(21-16)22-23-19(24)26-11-12(2)3/h6-9H,2,5,10-11H2,1,3-4H3,(H,21,22)/t20-/m1/s1. The Morgan fingerprint density at radius 1 is 1.42 bits per heavy atom. The maximum Gasteiger partial charge on any atom is 0.265 e. The summed E-state index contributed by atoms with van der Waals surface area (Å²) in [4.78, 5) is 18.3. The first kappa shape index (κ1) is 17.1. The highest BCUT2D eigenvalue weighted by Crippen LogP contribution is 2.42. The van der Waals surface area contributed by atoms with Gasteiger partial charge >= 0.3 is 0 Å². The third-order valence-electron chi connectivity index (χ3n) is 5.21. The van der Waals surface area contributed by atoms with Crippen molar-refractivity contribution >= 4 is 17.5 Å². The fourth-order valence-electron chi connectivity index (χ4n) is 3.66. The minimum atomic E-state index is -0.234. The molecule has 6 heteroatoms. The second kappa shape index (κ2) is 6.13. The lowest BCUT2D eigenvalue weighted by atomic mass is 9.69. The Bertz CT molecular complexity index is 1080. The highest BCUT2D eigenvalue weighted by molar-refractivity contribution is 7.99. The molecule has 1 aliphatic carbocycles. The normalized spacial score (nSPS) is 18.6. The van der Waals surface area contributed by atoms with Crippen molar-refractivity contribution in [3.05, 3.63) is 57.9 Å². The van der Waals surface area contributed by atoms with Gasteiger partial charge in [0.25, 0.3) is 5.56 Å². The van der Waals surface area contributed by atoms with Crippen LogP contribution in [0.4, 0.5) is 0 Å². The third kappa shape index (κ3) is 2.51. The monoisotopic (exact) mass is 366 g/mol. The molecular weight excluding hydrogens is 344 g/mol. The third-order valence-corrected chi connectivity index (χ3v) is 6.38. The molecule has 134 valence electrons. The van der Waals surface area contributed by atoms with Crippen molar-refractivity contribution in [1.29, 1.82) is 0 Å². The number of benzene rings is 1. The Morgan fingerprint density at radius 3 is 2.92 bits per heavy atom. The van der Waals surface area contributed by atoms with E-state index in [1.54, 1.807) is 4.40 Å². The fraction of sp³-hybridized carbons (Fsp3) is 0.350. The number of nitrogens with zero attached hydrogens (tertiary/aromatic N) is 3. The van der Waals surface area contributed by atoms with Crippen LogP contribution in [0.3, 0.4) is 0 Å². The molecule has 0 fully saturated rings. The molecule has 5 nitrogen and oxygen atoms in total. The van der Waals surface area contributed by atoms with E-state index >= 15 is 0 Å². The predicted octanol–water partition coefficient (Wildman–Crippen LogP) is 3.98. The van der Waals surface area contributed by atoms with Gasteiger partial charge in [-0.15, -0.1) is 5.10 Å². The summed E-state index contributed by atoms with van der Waals surface area (Å²) in [5, 5.41) is 7.90. The molecule has 0 bridgehead atoms. The van der Waals surface area contributed by atoms with E-state index < -0.39 is 0 Å². The first-order chi connectivity index (χ1) is 12.4. The van der Waals surface area contributed by atoms with Gasteiger partial charge in [-0.25, -0.2) is 14.5 Å². The van der Waals surface area contributed by atoms with Crippen molar-refractivity contribution < 1.29 is 0 Å². The van der Waals surface area contributed by atoms with Crippen molar-refractivity contribution in [3.63, 3.8) is 0 Å². The number of hydrogen-bond donors (Lipinski definition) is 1. The molecule has 0 saturated heterocycles. The van der Waals surface area contributed by atoms with Crippen molar-refractivity contribution in [3.8, 4) is 11.3 Å². The van der Waals surface area contributed by atoms with Crippen molar-refractivity contribution in [2.75, 3.05) is 5.75 Å². The molecule has 2 heterocycles. The molecule has 1 aromatic carbocycles. The van der Waals surface area contributed by atoms with Gasteiger partial charge in [-0.05, 0) is 25.3 Å². The van der Waals surface area contributed by atoms with Crippen LogP contribution in [-0.2, 0) is 11.8 Å². The van der Waals surface area contributed by atoms with Crippen molar-refractivity contribution in [2.24, 2.45) is 0 Å². The molecule has 2 aromatic heterocycles. The lowest BCUT2D eigenvalue weighted by Crippen LogP contribution is -2.37. The smallest absolute Gasteiger partial charge is 0.265 e. The van der Waals surface area contributed by atoms with Crippen LogP contribution in [0.25, 0.3) is 17.0 Å².